The summed E-state index contributed by atoms with van der Waals surface area (Å²) in [6, 6.07) is 6.00. The summed E-state index contributed by atoms with van der Waals surface area (Å²) in [5, 5.41) is 3.30. The maximum absolute atomic E-state index is 11.0. The number of hydrogen-bond donors (Lipinski definition) is 3. The van der Waals surface area contributed by atoms with Crippen molar-refractivity contribution in [2.45, 2.75) is 20.8 Å². The Labute approximate surface area is 112 Å². The minimum absolute atomic E-state index is 0.303. The Balaban J connectivity index is 2.49. The number of hydrogen-bond acceptors (Lipinski definition) is 3. The van der Waals surface area contributed by atoms with Crippen molar-refractivity contribution >= 4 is 29.1 Å². The van der Waals surface area contributed by atoms with Crippen LogP contribution in [0.3, 0.4) is 0 Å². The normalized spacial score (nSPS) is 9.50. The lowest BCUT2D eigenvalue weighted by atomic mass is 10.1. The Hall–Kier alpha value is -1.82. The first kappa shape index (κ1) is 14.2. The molecule has 5 nitrogen and oxygen atoms in total. The molecule has 3 N–H and O–H groups in total. The van der Waals surface area contributed by atoms with Gasteiger partial charge in [0.1, 0.15) is 0 Å². The number of carbonyl (C=O) groups excluding carboxylic acids is 1. The van der Waals surface area contributed by atoms with Crippen molar-refractivity contribution in [2.75, 3.05) is 11.9 Å². The van der Waals surface area contributed by atoms with Gasteiger partial charge in [0.25, 0.3) is 0 Å². The largest absolute Gasteiger partial charge is 0.449 e. The van der Waals surface area contributed by atoms with E-state index in [1.54, 1.807) is 6.92 Å². The van der Waals surface area contributed by atoms with E-state index in [0.717, 1.165) is 16.8 Å². The summed E-state index contributed by atoms with van der Waals surface area (Å²) in [6.45, 7) is 6.01. The van der Waals surface area contributed by atoms with Crippen LogP contribution in [0.15, 0.2) is 18.2 Å². The van der Waals surface area contributed by atoms with Crippen LogP contribution in [0.2, 0.25) is 0 Å². The Morgan fingerprint density at radius 2 is 2.06 bits per heavy atom. The third kappa shape index (κ3) is 4.58. The molecule has 0 aliphatic rings. The number of aryl methyl sites for hydroxylation is 2. The van der Waals surface area contributed by atoms with Gasteiger partial charge in [0.2, 0.25) is 0 Å². The molecule has 6 heteroatoms. The van der Waals surface area contributed by atoms with Gasteiger partial charge in [0.05, 0.1) is 6.61 Å². The van der Waals surface area contributed by atoms with Crippen LogP contribution in [0.4, 0.5) is 10.5 Å². The van der Waals surface area contributed by atoms with Crippen LogP contribution in [0.5, 0.6) is 0 Å². The van der Waals surface area contributed by atoms with Crippen molar-refractivity contribution in [2.24, 2.45) is 0 Å². The van der Waals surface area contributed by atoms with Crippen LogP contribution in [0.25, 0.3) is 0 Å². The third-order valence-corrected chi connectivity index (χ3v) is 2.40. The number of carbonyl (C=O) groups is 1. The first-order chi connectivity index (χ1) is 8.52. The van der Waals surface area contributed by atoms with E-state index in [0.29, 0.717) is 11.7 Å². The highest BCUT2D eigenvalue weighted by Crippen LogP contribution is 2.15. The minimum atomic E-state index is -0.567. The second kappa shape index (κ2) is 6.80. The zero-order chi connectivity index (χ0) is 13.5. The molecule has 0 aromatic heterocycles. The Morgan fingerprint density at radius 1 is 1.33 bits per heavy atom. The van der Waals surface area contributed by atoms with Crippen molar-refractivity contribution < 1.29 is 9.53 Å². The van der Waals surface area contributed by atoms with Gasteiger partial charge in [0, 0.05) is 5.69 Å². The fourth-order valence-electron chi connectivity index (χ4n) is 1.30. The number of rotatable bonds is 2. The molecular weight excluding hydrogens is 250 g/mol. The van der Waals surface area contributed by atoms with Gasteiger partial charge in [-0.3, -0.25) is 5.43 Å². The lowest BCUT2D eigenvalue weighted by Crippen LogP contribution is -2.44. The van der Waals surface area contributed by atoms with Gasteiger partial charge < -0.3 is 10.1 Å². The third-order valence-electron chi connectivity index (χ3n) is 2.19. The molecule has 1 aromatic carbocycles. The molecule has 1 rings (SSSR count). The van der Waals surface area contributed by atoms with E-state index in [-0.39, 0.29) is 0 Å². The number of benzene rings is 1. The summed E-state index contributed by atoms with van der Waals surface area (Å²) in [5.74, 6) is 0. The van der Waals surface area contributed by atoms with Crippen LogP contribution in [0.1, 0.15) is 18.1 Å². The average Bonchev–Trinajstić information content (AvgIpc) is 2.32. The molecule has 0 unspecified atom stereocenters. The van der Waals surface area contributed by atoms with Gasteiger partial charge in [0.15, 0.2) is 5.11 Å². The molecule has 98 valence electrons. The molecule has 0 aliphatic heterocycles. The van der Waals surface area contributed by atoms with Gasteiger partial charge in [-0.25, -0.2) is 10.2 Å². The van der Waals surface area contributed by atoms with E-state index in [1.165, 1.54) is 0 Å². The summed E-state index contributed by atoms with van der Waals surface area (Å²) in [5.41, 5.74) is 7.98. The first-order valence-electron chi connectivity index (χ1n) is 5.60. The molecule has 0 heterocycles. The molecular formula is C12H17N3O2S. The second-order valence-electron chi connectivity index (χ2n) is 3.74. The molecule has 0 spiro atoms. The fraction of sp³-hybridized carbons (Fsp3) is 0.333. The maximum Gasteiger partial charge on any atom is 0.425 e. The topological polar surface area (TPSA) is 62.4 Å². The van der Waals surface area contributed by atoms with Crippen molar-refractivity contribution in [3.63, 3.8) is 0 Å². The molecule has 18 heavy (non-hydrogen) atoms. The predicted octanol–water partition coefficient (Wildman–Crippen LogP) is 2.25. The van der Waals surface area contributed by atoms with Crippen molar-refractivity contribution in [3.05, 3.63) is 29.3 Å². The van der Waals surface area contributed by atoms with Crippen LogP contribution in [-0.4, -0.2) is 17.8 Å². The SMILES string of the molecule is CCOC(=O)NNC(=S)Nc1cc(C)ccc1C. The van der Waals surface area contributed by atoms with Gasteiger partial charge in [-0.05, 0) is 50.2 Å². The summed E-state index contributed by atoms with van der Waals surface area (Å²) in [7, 11) is 0. The minimum Gasteiger partial charge on any atom is -0.449 e. The van der Waals surface area contributed by atoms with E-state index in [9.17, 15) is 4.79 Å². The van der Waals surface area contributed by atoms with E-state index >= 15 is 0 Å². The van der Waals surface area contributed by atoms with Gasteiger partial charge in [-0.15, -0.1) is 0 Å². The van der Waals surface area contributed by atoms with Gasteiger partial charge in [-0.1, -0.05) is 12.1 Å². The first-order valence-corrected chi connectivity index (χ1v) is 6.00. The zero-order valence-electron chi connectivity index (χ0n) is 10.7. The number of anilines is 1. The molecule has 0 bridgehead atoms. The molecule has 1 amide bonds. The van der Waals surface area contributed by atoms with E-state index < -0.39 is 6.09 Å². The summed E-state index contributed by atoms with van der Waals surface area (Å²) in [4.78, 5) is 11.0. The van der Waals surface area contributed by atoms with Crippen LogP contribution in [-0.2, 0) is 4.74 Å². The highest BCUT2D eigenvalue weighted by Gasteiger charge is 2.03. The van der Waals surface area contributed by atoms with Gasteiger partial charge in [-0.2, -0.15) is 0 Å². The summed E-state index contributed by atoms with van der Waals surface area (Å²) in [6.07, 6.45) is -0.567. The molecule has 0 atom stereocenters. The monoisotopic (exact) mass is 267 g/mol. The number of ether oxygens (including phenoxy) is 1. The summed E-state index contributed by atoms with van der Waals surface area (Å²) < 4.78 is 4.69. The van der Waals surface area contributed by atoms with Gasteiger partial charge >= 0.3 is 6.09 Å². The van der Waals surface area contributed by atoms with Crippen LogP contribution >= 0.6 is 12.2 Å². The lowest BCUT2D eigenvalue weighted by molar-refractivity contribution is 0.150. The highest BCUT2D eigenvalue weighted by atomic mass is 32.1. The molecule has 0 aliphatic carbocycles. The molecule has 0 radical (unpaired) electrons. The lowest BCUT2D eigenvalue weighted by Gasteiger charge is -2.13. The maximum atomic E-state index is 11.0. The van der Waals surface area contributed by atoms with Crippen LogP contribution < -0.4 is 16.2 Å². The number of nitrogens with one attached hydrogen (secondary N) is 3. The molecule has 1 aromatic rings. The van der Waals surface area contributed by atoms with E-state index in [1.807, 2.05) is 32.0 Å². The Bertz CT molecular complexity index is 449. The second-order valence-corrected chi connectivity index (χ2v) is 4.15. The van der Waals surface area contributed by atoms with Crippen LogP contribution in [0, 0.1) is 13.8 Å². The van der Waals surface area contributed by atoms with Crippen molar-refractivity contribution in [1.29, 1.82) is 0 Å². The smallest absolute Gasteiger partial charge is 0.425 e. The zero-order valence-corrected chi connectivity index (χ0v) is 11.5. The molecule has 0 saturated heterocycles. The molecule has 0 fully saturated rings. The standard InChI is InChI=1S/C12H17N3O2S/c1-4-17-12(16)15-14-11(18)13-10-7-8(2)5-6-9(10)3/h5-7H,4H2,1-3H3,(H,15,16)(H2,13,14,18). The number of thiocarbonyl (C=S) groups is 1. The molecule has 0 saturated carbocycles. The summed E-state index contributed by atoms with van der Waals surface area (Å²) >= 11 is 5.05. The highest BCUT2D eigenvalue weighted by molar-refractivity contribution is 7.80. The Morgan fingerprint density at radius 3 is 2.72 bits per heavy atom. The average molecular weight is 267 g/mol. The quantitative estimate of drug-likeness (QED) is 0.566. The number of amides is 1. The fourth-order valence-corrected chi connectivity index (χ4v) is 1.46. The van der Waals surface area contributed by atoms with Crippen molar-refractivity contribution in [1.82, 2.24) is 10.9 Å². The Kier molecular flexibility index (Phi) is 5.38. The van der Waals surface area contributed by atoms with E-state index in [2.05, 4.69) is 20.9 Å². The van der Waals surface area contributed by atoms with E-state index in [4.69, 9.17) is 12.2 Å². The number of hydrazine groups is 1. The van der Waals surface area contributed by atoms with Crippen molar-refractivity contribution in [3.8, 4) is 0 Å². The predicted molar refractivity (Wildman–Crippen MR) is 75.4 cm³/mol.